The van der Waals surface area contributed by atoms with E-state index in [4.69, 9.17) is 11.6 Å². The second kappa shape index (κ2) is 10.2. The fraction of sp³-hybridized carbons (Fsp3) is 0.231. The molecule has 0 saturated heterocycles. The maximum Gasteiger partial charge on any atom is 0.0499 e. The molecule has 0 atom stereocenters. The predicted molar refractivity (Wildman–Crippen MR) is 128 cm³/mol. The monoisotopic (exact) mass is 406 g/mol. The second-order valence-electron chi connectivity index (χ2n) is 7.67. The van der Waals surface area contributed by atoms with Gasteiger partial charge in [0.2, 0.25) is 0 Å². The minimum absolute atomic E-state index is 0.394. The highest BCUT2D eigenvalue weighted by Gasteiger charge is 2.08. The first-order chi connectivity index (χ1) is 13.7. The Hall–Kier alpha value is -2.71. The smallest absolute Gasteiger partial charge is 0.0499 e. The van der Waals surface area contributed by atoms with Crippen LogP contribution in [0, 0.1) is 12.8 Å². The van der Waals surface area contributed by atoms with Crippen LogP contribution >= 0.6 is 11.6 Å². The summed E-state index contributed by atoms with van der Waals surface area (Å²) in [5, 5.41) is 7.28. The van der Waals surface area contributed by atoms with Gasteiger partial charge in [-0.2, -0.15) is 0 Å². The van der Waals surface area contributed by atoms with Crippen LogP contribution in [0.3, 0.4) is 0 Å². The van der Waals surface area contributed by atoms with E-state index in [9.17, 15) is 0 Å². The SMILES string of the molecule is C=C(/C=C(\C)c1ccc(C)cc1)NC(=C)c1cc(CNC(=C)C(C)C)ccc1Cl. The molecule has 2 N–H and O–H groups in total. The highest BCUT2D eigenvalue weighted by atomic mass is 35.5. The van der Waals surface area contributed by atoms with Crippen molar-refractivity contribution in [2.45, 2.75) is 34.2 Å². The van der Waals surface area contributed by atoms with Gasteiger partial charge in [0.05, 0.1) is 0 Å². The van der Waals surface area contributed by atoms with Crippen LogP contribution in [-0.2, 0) is 6.54 Å². The van der Waals surface area contributed by atoms with Crippen LogP contribution in [0.2, 0.25) is 5.02 Å². The lowest BCUT2D eigenvalue weighted by Crippen LogP contribution is -2.16. The molecule has 0 aromatic heterocycles. The number of halogens is 1. The van der Waals surface area contributed by atoms with Gasteiger partial charge in [-0.3, -0.25) is 0 Å². The van der Waals surface area contributed by atoms with Gasteiger partial charge in [-0.15, -0.1) is 0 Å². The number of allylic oxidation sites excluding steroid dienone is 3. The third-order valence-electron chi connectivity index (χ3n) is 4.78. The molecule has 29 heavy (non-hydrogen) atoms. The number of rotatable bonds is 9. The molecule has 0 saturated carbocycles. The summed E-state index contributed by atoms with van der Waals surface area (Å²) in [7, 11) is 0. The highest BCUT2D eigenvalue weighted by Crippen LogP contribution is 2.24. The van der Waals surface area contributed by atoms with Gasteiger partial charge in [-0.05, 0) is 54.7 Å². The first-order valence-corrected chi connectivity index (χ1v) is 10.2. The molecule has 2 nitrogen and oxygen atoms in total. The Kier molecular flexibility index (Phi) is 7.92. The third kappa shape index (κ3) is 6.69. The van der Waals surface area contributed by atoms with E-state index < -0.39 is 0 Å². The van der Waals surface area contributed by atoms with Crippen molar-refractivity contribution in [2.75, 3.05) is 0 Å². The van der Waals surface area contributed by atoms with Crippen molar-refractivity contribution in [1.29, 1.82) is 0 Å². The summed E-state index contributed by atoms with van der Waals surface area (Å²) < 4.78 is 0. The number of aryl methyl sites for hydroxylation is 1. The van der Waals surface area contributed by atoms with E-state index in [1.54, 1.807) is 0 Å². The Morgan fingerprint density at radius 3 is 2.34 bits per heavy atom. The van der Waals surface area contributed by atoms with Crippen molar-refractivity contribution < 1.29 is 0 Å². The zero-order chi connectivity index (χ0) is 21.6. The Balaban J connectivity index is 2.08. The standard InChI is InChI=1S/C26H31ClN2/c1-17(2)21(6)28-16-23-10-13-26(27)25(15-23)22(7)29-20(5)14-19(4)24-11-8-18(3)9-12-24/h8-15,17,28-29H,5-7,16H2,1-4H3/b19-14+. The number of hydrogen-bond acceptors (Lipinski definition) is 2. The van der Waals surface area contributed by atoms with E-state index in [-0.39, 0.29) is 0 Å². The second-order valence-corrected chi connectivity index (χ2v) is 8.08. The Morgan fingerprint density at radius 2 is 1.72 bits per heavy atom. The van der Waals surface area contributed by atoms with Crippen molar-refractivity contribution >= 4 is 22.9 Å². The molecule has 3 heteroatoms. The summed E-state index contributed by atoms with van der Waals surface area (Å²) >= 11 is 6.42. The van der Waals surface area contributed by atoms with E-state index in [0.29, 0.717) is 17.5 Å². The predicted octanol–water partition coefficient (Wildman–Crippen LogP) is 7.09. The molecule has 0 heterocycles. The molecule has 0 bridgehead atoms. The van der Waals surface area contributed by atoms with Crippen LogP contribution in [-0.4, -0.2) is 0 Å². The molecular weight excluding hydrogens is 376 g/mol. The number of hydrogen-bond donors (Lipinski definition) is 2. The lowest BCUT2D eigenvalue weighted by Gasteiger charge is -2.16. The van der Waals surface area contributed by atoms with Crippen LogP contribution in [0.1, 0.15) is 43.0 Å². The molecule has 0 spiro atoms. The van der Waals surface area contributed by atoms with Crippen molar-refractivity contribution in [1.82, 2.24) is 10.6 Å². The lowest BCUT2D eigenvalue weighted by molar-refractivity contribution is 0.656. The molecular formula is C26H31ClN2. The molecule has 2 rings (SSSR count). The summed E-state index contributed by atoms with van der Waals surface area (Å²) in [5.41, 5.74) is 8.02. The van der Waals surface area contributed by atoms with Crippen LogP contribution in [0.25, 0.3) is 11.3 Å². The Morgan fingerprint density at radius 1 is 1.07 bits per heavy atom. The molecule has 0 fully saturated rings. The first kappa shape index (κ1) is 22.6. The average molecular weight is 407 g/mol. The third-order valence-corrected chi connectivity index (χ3v) is 5.11. The molecule has 2 aromatic rings. The van der Waals surface area contributed by atoms with Crippen molar-refractivity contribution in [2.24, 2.45) is 5.92 Å². The van der Waals surface area contributed by atoms with Crippen LogP contribution in [0.4, 0.5) is 0 Å². The van der Waals surface area contributed by atoms with Gasteiger partial charge in [0.25, 0.3) is 0 Å². The summed E-state index contributed by atoms with van der Waals surface area (Å²) in [6.45, 7) is 21.4. The quantitative estimate of drug-likeness (QED) is 0.434. The minimum atomic E-state index is 0.394. The summed E-state index contributed by atoms with van der Waals surface area (Å²) in [4.78, 5) is 0. The van der Waals surface area contributed by atoms with Crippen molar-refractivity contribution in [3.05, 3.63) is 107 Å². The van der Waals surface area contributed by atoms with Gasteiger partial charge in [0.15, 0.2) is 0 Å². The number of benzene rings is 2. The molecule has 0 radical (unpaired) electrons. The largest absolute Gasteiger partial charge is 0.385 e. The van der Waals surface area contributed by atoms with Crippen LogP contribution in [0.15, 0.2) is 79.7 Å². The van der Waals surface area contributed by atoms with Crippen LogP contribution < -0.4 is 10.6 Å². The summed E-state index contributed by atoms with van der Waals surface area (Å²) in [6, 6.07) is 14.4. The van der Waals surface area contributed by atoms with E-state index in [1.165, 1.54) is 11.1 Å². The van der Waals surface area contributed by atoms with E-state index in [2.05, 4.69) is 82.3 Å². The van der Waals surface area contributed by atoms with Gasteiger partial charge in [0, 0.05) is 34.2 Å². The minimum Gasteiger partial charge on any atom is -0.385 e. The van der Waals surface area contributed by atoms with Gasteiger partial charge >= 0.3 is 0 Å². The van der Waals surface area contributed by atoms with Gasteiger partial charge in [0.1, 0.15) is 0 Å². The summed E-state index contributed by atoms with van der Waals surface area (Å²) in [5.74, 6) is 0.394. The summed E-state index contributed by atoms with van der Waals surface area (Å²) in [6.07, 6.45) is 2.02. The molecule has 2 aromatic carbocycles. The van der Waals surface area contributed by atoms with E-state index in [0.717, 1.165) is 33.8 Å². The fourth-order valence-electron chi connectivity index (χ4n) is 2.79. The maximum atomic E-state index is 6.42. The zero-order valence-corrected chi connectivity index (χ0v) is 18.7. The normalized spacial score (nSPS) is 11.3. The van der Waals surface area contributed by atoms with Gasteiger partial charge in [-0.1, -0.05) is 81.1 Å². The van der Waals surface area contributed by atoms with E-state index in [1.807, 2.05) is 24.3 Å². The lowest BCUT2D eigenvalue weighted by atomic mass is 10.0. The molecule has 152 valence electrons. The molecule has 0 amide bonds. The molecule has 0 aliphatic heterocycles. The molecule has 0 aliphatic carbocycles. The van der Waals surface area contributed by atoms with Crippen LogP contribution in [0.5, 0.6) is 0 Å². The molecule has 0 aliphatic rings. The Labute approximate surface area is 180 Å². The van der Waals surface area contributed by atoms with E-state index >= 15 is 0 Å². The fourth-order valence-corrected chi connectivity index (χ4v) is 3.02. The molecule has 0 unspecified atom stereocenters. The first-order valence-electron chi connectivity index (χ1n) is 9.79. The average Bonchev–Trinajstić information content (AvgIpc) is 2.67. The van der Waals surface area contributed by atoms with Crippen molar-refractivity contribution in [3.63, 3.8) is 0 Å². The maximum absolute atomic E-state index is 6.42. The van der Waals surface area contributed by atoms with Gasteiger partial charge in [-0.25, -0.2) is 0 Å². The highest BCUT2D eigenvalue weighted by molar-refractivity contribution is 6.32. The van der Waals surface area contributed by atoms with Gasteiger partial charge < -0.3 is 10.6 Å². The Bertz CT molecular complexity index is 934. The van der Waals surface area contributed by atoms with Crippen molar-refractivity contribution in [3.8, 4) is 0 Å². The zero-order valence-electron chi connectivity index (χ0n) is 17.9. The number of nitrogens with one attached hydrogen (secondary N) is 2. The topological polar surface area (TPSA) is 24.1 Å².